The molecule has 2 aromatic carbocycles. The van der Waals surface area contributed by atoms with Crippen molar-refractivity contribution < 1.29 is 0 Å². The molecule has 0 radical (unpaired) electrons. The molecule has 0 amide bonds. The van der Waals surface area contributed by atoms with Gasteiger partial charge in [-0.2, -0.15) is 0 Å². The van der Waals surface area contributed by atoms with Crippen molar-refractivity contribution in [2.75, 3.05) is 14.1 Å². The molecule has 2 atom stereocenters. The third-order valence-corrected chi connectivity index (χ3v) is 12.4. The van der Waals surface area contributed by atoms with Crippen LogP contribution in [0.3, 0.4) is 0 Å². The monoisotopic (exact) mass is 457 g/mol. The van der Waals surface area contributed by atoms with E-state index in [2.05, 4.69) is 116 Å². The molecule has 1 aliphatic carbocycles. The van der Waals surface area contributed by atoms with Crippen molar-refractivity contribution in [2.45, 2.75) is 77.9 Å². The number of hydrogen-bond acceptors (Lipinski definition) is 3. The van der Waals surface area contributed by atoms with Gasteiger partial charge < -0.3 is 0 Å². The smallest absolute Gasteiger partial charge is 0.0776 e. The van der Waals surface area contributed by atoms with E-state index in [1.165, 1.54) is 42.7 Å². The molecule has 5 heteroatoms. The Balaban J connectivity index is 2.17. The normalized spacial score (nSPS) is 17.8. The molecule has 1 saturated carbocycles. The van der Waals surface area contributed by atoms with Crippen LogP contribution in [0.15, 0.2) is 60.7 Å². The zero-order chi connectivity index (χ0) is 22.4. The van der Waals surface area contributed by atoms with E-state index in [0.717, 1.165) is 0 Å². The highest BCUT2D eigenvalue weighted by Crippen LogP contribution is 2.61. The first-order valence-electron chi connectivity index (χ1n) is 11.9. The van der Waals surface area contributed by atoms with Crippen molar-refractivity contribution in [3.8, 4) is 0 Å². The van der Waals surface area contributed by atoms with Crippen LogP contribution in [0, 0.1) is 0 Å². The van der Waals surface area contributed by atoms with Crippen molar-refractivity contribution in [2.24, 2.45) is 0 Å². The highest BCUT2D eigenvalue weighted by molar-refractivity contribution is 7.75. The van der Waals surface area contributed by atoms with E-state index in [4.69, 9.17) is 0 Å². The van der Waals surface area contributed by atoms with Crippen LogP contribution in [0.5, 0.6) is 0 Å². The van der Waals surface area contributed by atoms with Gasteiger partial charge in [-0.05, 0) is 54.6 Å². The van der Waals surface area contributed by atoms with Gasteiger partial charge in [-0.1, -0.05) is 79.9 Å². The standard InChI is InChI=1S/C26H41N3P2/c1-22(2)27(5)30(25-18-12-8-13-19-25)29(24-16-10-7-11-17-24)31(28(6)23(3)4)26-20-14-9-15-21-26/h8-9,12-15,18-24H,7,10-11,16-17H2,1-6H3/t30-,31+. The Hall–Kier alpha value is -0.820. The molecule has 0 bridgehead atoms. The Morgan fingerprint density at radius 2 is 1.03 bits per heavy atom. The number of rotatable bonds is 9. The average Bonchev–Trinajstić information content (AvgIpc) is 2.80. The molecule has 0 heterocycles. The van der Waals surface area contributed by atoms with Crippen LogP contribution in [0.25, 0.3) is 0 Å². The van der Waals surface area contributed by atoms with Crippen LogP contribution in [-0.2, 0) is 0 Å². The van der Waals surface area contributed by atoms with Crippen molar-refractivity contribution >= 4 is 27.1 Å². The molecule has 2 aromatic rings. The second-order valence-corrected chi connectivity index (χ2v) is 13.8. The summed E-state index contributed by atoms with van der Waals surface area (Å²) in [5, 5.41) is 2.94. The highest BCUT2D eigenvalue weighted by Gasteiger charge is 2.40. The van der Waals surface area contributed by atoms with Gasteiger partial charge in [-0.3, -0.25) is 9.34 Å². The molecule has 3 rings (SSSR count). The van der Waals surface area contributed by atoms with E-state index in [1.54, 1.807) is 0 Å². The minimum Gasteiger partial charge on any atom is -0.267 e. The van der Waals surface area contributed by atoms with Crippen LogP contribution in [0.4, 0.5) is 0 Å². The summed E-state index contributed by atoms with van der Waals surface area (Å²) in [6.45, 7) is 9.37. The molecule has 3 nitrogen and oxygen atoms in total. The van der Waals surface area contributed by atoms with Gasteiger partial charge in [-0.25, -0.2) is 4.44 Å². The minimum atomic E-state index is -0.609. The molecule has 0 aromatic heterocycles. The predicted octanol–water partition coefficient (Wildman–Crippen LogP) is 6.58. The molecular weight excluding hydrogens is 416 g/mol. The van der Waals surface area contributed by atoms with E-state index in [0.29, 0.717) is 18.1 Å². The van der Waals surface area contributed by atoms with E-state index < -0.39 is 16.4 Å². The van der Waals surface area contributed by atoms with Gasteiger partial charge in [0.2, 0.25) is 0 Å². The third-order valence-electron chi connectivity index (χ3n) is 6.36. The fraction of sp³-hybridized carbons (Fsp3) is 0.538. The van der Waals surface area contributed by atoms with Crippen LogP contribution in [-0.4, -0.2) is 46.0 Å². The first kappa shape index (κ1) is 24.8. The SMILES string of the molecule is CC(C)N(C)[P@@](c1ccccc1)N(C1CCCCC1)[P@@](c1ccccc1)N(C)C(C)C. The van der Waals surface area contributed by atoms with Gasteiger partial charge in [-0.15, -0.1) is 0 Å². The number of nitrogens with zero attached hydrogens (tertiary/aromatic N) is 3. The first-order chi connectivity index (χ1) is 14.9. The second kappa shape index (κ2) is 11.9. The van der Waals surface area contributed by atoms with Crippen LogP contribution < -0.4 is 10.6 Å². The van der Waals surface area contributed by atoms with Gasteiger partial charge >= 0.3 is 0 Å². The molecule has 1 fully saturated rings. The van der Waals surface area contributed by atoms with Gasteiger partial charge in [0, 0.05) is 28.7 Å². The zero-order valence-electron chi connectivity index (χ0n) is 20.3. The summed E-state index contributed by atoms with van der Waals surface area (Å²) in [5.41, 5.74) is 0. The van der Waals surface area contributed by atoms with Crippen molar-refractivity contribution in [3.63, 3.8) is 0 Å². The average molecular weight is 458 g/mol. The van der Waals surface area contributed by atoms with Crippen LogP contribution in [0.1, 0.15) is 59.8 Å². The highest BCUT2D eigenvalue weighted by atomic mass is 31.2. The predicted molar refractivity (Wildman–Crippen MR) is 141 cm³/mol. The van der Waals surface area contributed by atoms with E-state index in [9.17, 15) is 0 Å². The minimum absolute atomic E-state index is 0.495. The Morgan fingerprint density at radius 3 is 1.39 bits per heavy atom. The Morgan fingerprint density at radius 1 is 0.645 bits per heavy atom. The van der Waals surface area contributed by atoms with E-state index in [-0.39, 0.29) is 0 Å². The Bertz CT molecular complexity index is 705. The van der Waals surface area contributed by atoms with Crippen molar-refractivity contribution in [1.82, 2.24) is 13.8 Å². The van der Waals surface area contributed by atoms with E-state index >= 15 is 0 Å². The lowest BCUT2D eigenvalue weighted by atomic mass is 9.96. The quantitative estimate of drug-likeness (QED) is 0.394. The van der Waals surface area contributed by atoms with Crippen molar-refractivity contribution in [3.05, 3.63) is 60.7 Å². The molecule has 0 saturated heterocycles. The summed E-state index contributed by atoms with van der Waals surface area (Å²) in [5.74, 6) is 0. The van der Waals surface area contributed by atoms with Gasteiger partial charge in [0.1, 0.15) is 0 Å². The number of hydrogen-bond donors (Lipinski definition) is 0. The Kier molecular flexibility index (Phi) is 9.50. The van der Waals surface area contributed by atoms with Gasteiger partial charge in [0.25, 0.3) is 0 Å². The molecule has 0 aliphatic heterocycles. The summed E-state index contributed by atoms with van der Waals surface area (Å²) < 4.78 is 8.27. The fourth-order valence-electron chi connectivity index (χ4n) is 4.15. The second-order valence-electron chi connectivity index (χ2n) is 9.20. The summed E-state index contributed by atoms with van der Waals surface area (Å²) in [4.78, 5) is 0. The van der Waals surface area contributed by atoms with Crippen LogP contribution >= 0.6 is 16.4 Å². The van der Waals surface area contributed by atoms with Gasteiger partial charge in [0.15, 0.2) is 0 Å². The number of benzene rings is 2. The molecule has 0 spiro atoms. The lowest BCUT2D eigenvalue weighted by molar-refractivity contribution is 0.321. The maximum absolute atomic E-state index is 2.98. The van der Waals surface area contributed by atoms with E-state index in [1.807, 2.05) is 0 Å². The molecular formula is C26H41N3P2. The molecule has 170 valence electrons. The maximum atomic E-state index is 2.98. The van der Waals surface area contributed by atoms with Crippen molar-refractivity contribution in [1.29, 1.82) is 0 Å². The largest absolute Gasteiger partial charge is 0.267 e. The fourth-order valence-corrected chi connectivity index (χ4v) is 10.8. The summed E-state index contributed by atoms with van der Waals surface area (Å²) in [7, 11) is 3.46. The lowest BCUT2D eigenvalue weighted by Crippen LogP contribution is -2.44. The molecule has 1 aliphatic rings. The zero-order valence-corrected chi connectivity index (χ0v) is 22.1. The lowest BCUT2D eigenvalue weighted by Gasteiger charge is -2.51. The maximum Gasteiger partial charge on any atom is 0.0776 e. The first-order valence-corrected chi connectivity index (χ1v) is 14.4. The van der Waals surface area contributed by atoms with Crippen LogP contribution in [0.2, 0.25) is 0 Å². The summed E-state index contributed by atoms with van der Waals surface area (Å²) in [6.07, 6.45) is 6.73. The molecule has 31 heavy (non-hydrogen) atoms. The summed E-state index contributed by atoms with van der Waals surface area (Å²) >= 11 is 0. The third kappa shape index (κ3) is 6.16. The molecule has 0 unspecified atom stereocenters. The van der Waals surface area contributed by atoms with Gasteiger partial charge in [0.05, 0.1) is 16.4 Å². The topological polar surface area (TPSA) is 9.72 Å². The Labute approximate surface area is 193 Å². The summed E-state index contributed by atoms with van der Waals surface area (Å²) in [6, 6.07) is 24.2. The molecule has 0 N–H and O–H groups in total.